The molecule has 1 aliphatic carbocycles. The van der Waals surface area contributed by atoms with Crippen LogP contribution in [0.2, 0.25) is 0 Å². The molecule has 17 heavy (non-hydrogen) atoms. The summed E-state index contributed by atoms with van der Waals surface area (Å²) in [5, 5.41) is 6.39. The molecule has 1 fully saturated rings. The predicted molar refractivity (Wildman–Crippen MR) is 66.4 cm³/mol. The summed E-state index contributed by atoms with van der Waals surface area (Å²) in [5.41, 5.74) is 1.81. The molecule has 1 saturated carbocycles. The Kier molecular flexibility index (Phi) is 2.42. The van der Waals surface area contributed by atoms with Crippen LogP contribution in [0.25, 0.3) is 0 Å². The Bertz CT molecular complexity index is 455. The van der Waals surface area contributed by atoms with E-state index in [1.807, 2.05) is 18.2 Å². The normalized spacial score (nSPS) is 23.1. The Hall–Kier alpha value is -1.71. The van der Waals surface area contributed by atoms with Crippen molar-refractivity contribution in [3.05, 3.63) is 18.2 Å². The highest BCUT2D eigenvalue weighted by Crippen LogP contribution is 2.39. The number of anilines is 2. The molecule has 1 heterocycles. The van der Waals surface area contributed by atoms with Crippen molar-refractivity contribution in [1.29, 1.82) is 0 Å². The van der Waals surface area contributed by atoms with E-state index in [1.54, 1.807) is 7.11 Å². The maximum atomic E-state index is 11.8. The summed E-state index contributed by atoms with van der Waals surface area (Å²) in [6.45, 7) is 0. The molecule has 90 valence electrons. The van der Waals surface area contributed by atoms with Crippen molar-refractivity contribution in [3.63, 3.8) is 0 Å². The topological polar surface area (TPSA) is 50.4 Å². The zero-order valence-electron chi connectivity index (χ0n) is 9.82. The van der Waals surface area contributed by atoms with Crippen LogP contribution in [0, 0.1) is 5.92 Å². The molecule has 4 heteroatoms. The Balaban J connectivity index is 1.93. The molecule has 1 amide bonds. The van der Waals surface area contributed by atoms with Crippen LogP contribution in [0.1, 0.15) is 19.3 Å². The van der Waals surface area contributed by atoms with E-state index in [0.29, 0.717) is 12.3 Å². The van der Waals surface area contributed by atoms with Gasteiger partial charge in [0.25, 0.3) is 0 Å². The number of hydrogen-bond donors (Lipinski definition) is 2. The van der Waals surface area contributed by atoms with Crippen molar-refractivity contribution in [2.24, 2.45) is 5.92 Å². The van der Waals surface area contributed by atoms with Crippen LogP contribution in [0.5, 0.6) is 5.75 Å². The fraction of sp³-hybridized carbons (Fsp3) is 0.462. The first kappa shape index (κ1) is 10.4. The smallest absolute Gasteiger partial charge is 0.226 e. The van der Waals surface area contributed by atoms with Gasteiger partial charge in [0.15, 0.2) is 0 Å². The first-order chi connectivity index (χ1) is 8.26. The lowest BCUT2D eigenvalue weighted by molar-refractivity contribution is -0.116. The molecule has 3 rings (SSSR count). The van der Waals surface area contributed by atoms with Crippen molar-refractivity contribution in [1.82, 2.24) is 0 Å². The lowest BCUT2D eigenvalue weighted by atomic mass is 10.1. The molecule has 1 atom stereocenters. The van der Waals surface area contributed by atoms with Gasteiger partial charge in [-0.1, -0.05) is 0 Å². The number of rotatable bonds is 2. The molecule has 0 saturated heterocycles. The fourth-order valence-corrected chi connectivity index (χ4v) is 2.31. The molecular formula is C13H16N2O2. The maximum Gasteiger partial charge on any atom is 0.226 e. The maximum absolute atomic E-state index is 11.8. The van der Waals surface area contributed by atoms with Crippen LogP contribution < -0.4 is 15.4 Å². The number of fused-ring (bicyclic) bond motifs is 1. The summed E-state index contributed by atoms with van der Waals surface area (Å²) < 4.78 is 5.21. The van der Waals surface area contributed by atoms with Crippen LogP contribution in [-0.2, 0) is 4.79 Å². The van der Waals surface area contributed by atoms with Gasteiger partial charge >= 0.3 is 0 Å². The summed E-state index contributed by atoms with van der Waals surface area (Å²) in [6, 6.07) is 5.95. The molecule has 0 aromatic heterocycles. The summed E-state index contributed by atoms with van der Waals surface area (Å²) in [5.74, 6) is 1.55. The van der Waals surface area contributed by atoms with Crippen LogP contribution in [0.15, 0.2) is 18.2 Å². The van der Waals surface area contributed by atoms with Crippen molar-refractivity contribution in [2.45, 2.75) is 25.3 Å². The second-order valence-corrected chi connectivity index (χ2v) is 4.75. The Labute approximate surface area is 100 Å². The van der Waals surface area contributed by atoms with Gasteiger partial charge in [-0.2, -0.15) is 0 Å². The number of benzene rings is 1. The zero-order chi connectivity index (χ0) is 11.8. The van der Waals surface area contributed by atoms with E-state index in [0.717, 1.165) is 17.1 Å². The first-order valence-corrected chi connectivity index (χ1v) is 6.00. The van der Waals surface area contributed by atoms with Crippen molar-refractivity contribution in [2.75, 3.05) is 17.7 Å². The number of hydrogen-bond acceptors (Lipinski definition) is 3. The highest BCUT2D eigenvalue weighted by Gasteiger charge is 2.34. The quantitative estimate of drug-likeness (QED) is 0.822. The number of amides is 1. The van der Waals surface area contributed by atoms with E-state index in [4.69, 9.17) is 4.74 Å². The molecular weight excluding hydrogens is 216 g/mol. The third-order valence-corrected chi connectivity index (χ3v) is 3.44. The second-order valence-electron chi connectivity index (χ2n) is 4.75. The van der Waals surface area contributed by atoms with Gasteiger partial charge in [0.2, 0.25) is 5.91 Å². The SMILES string of the molecule is COc1ccc2c(c1)NC(C1CC1)CC(=O)N2. The standard InChI is InChI=1S/C13H16N2O2/c1-17-9-4-5-10-12(6-9)14-11(8-2-3-8)7-13(16)15-10/h4-6,8,11,14H,2-3,7H2,1H3,(H,15,16). The van der Waals surface area contributed by atoms with Crippen LogP contribution >= 0.6 is 0 Å². The highest BCUT2D eigenvalue weighted by molar-refractivity contribution is 5.96. The van der Waals surface area contributed by atoms with Crippen LogP contribution in [-0.4, -0.2) is 19.1 Å². The molecule has 0 bridgehead atoms. The van der Waals surface area contributed by atoms with Gasteiger partial charge in [-0.15, -0.1) is 0 Å². The number of nitrogens with one attached hydrogen (secondary N) is 2. The first-order valence-electron chi connectivity index (χ1n) is 6.00. The molecule has 1 aromatic rings. The van der Waals surface area contributed by atoms with E-state index in [1.165, 1.54) is 12.8 Å². The Morgan fingerprint density at radius 2 is 2.12 bits per heavy atom. The monoisotopic (exact) mass is 232 g/mol. The van der Waals surface area contributed by atoms with Gasteiger partial charge in [-0.3, -0.25) is 4.79 Å². The van der Waals surface area contributed by atoms with Crippen LogP contribution in [0.4, 0.5) is 11.4 Å². The largest absolute Gasteiger partial charge is 0.497 e. The lowest BCUT2D eigenvalue weighted by Gasteiger charge is -2.16. The highest BCUT2D eigenvalue weighted by atomic mass is 16.5. The van der Waals surface area contributed by atoms with E-state index in [2.05, 4.69) is 10.6 Å². The van der Waals surface area contributed by atoms with Gasteiger partial charge < -0.3 is 15.4 Å². The van der Waals surface area contributed by atoms with E-state index in [9.17, 15) is 4.79 Å². The van der Waals surface area contributed by atoms with Gasteiger partial charge in [0.05, 0.1) is 18.5 Å². The third kappa shape index (κ3) is 2.07. The number of carbonyl (C=O) groups is 1. The van der Waals surface area contributed by atoms with Crippen molar-refractivity contribution >= 4 is 17.3 Å². The summed E-state index contributed by atoms with van der Waals surface area (Å²) in [7, 11) is 1.65. The number of methoxy groups -OCH3 is 1. The molecule has 4 nitrogen and oxygen atoms in total. The molecule has 0 radical (unpaired) electrons. The minimum atomic E-state index is 0.0957. The van der Waals surface area contributed by atoms with Gasteiger partial charge in [-0.25, -0.2) is 0 Å². The minimum absolute atomic E-state index is 0.0957. The molecule has 1 aromatic carbocycles. The lowest BCUT2D eigenvalue weighted by Crippen LogP contribution is -2.24. The fourth-order valence-electron chi connectivity index (χ4n) is 2.31. The molecule has 0 spiro atoms. The van der Waals surface area contributed by atoms with Gasteiger partial charge in [0.1, 0.15) is 5.75 Å². The molecule has 2 N–H and O–H groups in total. The predicted octanol–water partition coefficient (Wildman–Crippen LogP) is 2.23. The van der Waals surface area contributed by atoms with E-state index < -0.39 is 0 Å². The Morgan fingerprint density at radius 1 is 1.29 bits per heavy atom. The van der Waals surface area contributed by atoms with Gasteiger partial charge in [-0.05, 0) is 30.9 Å². The number of ether oxygens (including phenoxy) is 1. The third-order valence-electron chi connectivity index (χ3n) is 3.44. The molecule has 2 aliphatic rings. The molecule has 1 unspecified atom stereocenters. The minimum Gasteiger partial charge on any atom is -0.497 e. The van der Waals surface area contributed by atoms with E-state index >= 15 is 0 Å². The average Bonchev–Trinajstić information content (AvgIpc) is 3.13. The average molecular weight is 232 g/mol. The van der Waals surface area contributed by atoms with Gasteiger partial charge in [0, 0.05) is 18.5 Å². The van der Waals surface area contributed by atoms with Crippen LogP contribution in [0.3, 0.4) is 0 Å². The van der Waals surface area contributed by atoms with Crippen molar-refractivity contribution in [3.8, 4) is 5.75 Å². The number of carbonyl (C=O) groups excluding carboxylic acids is 1. The summed E-state index contributed by atoms with van der Waals surface area (Å²) in [4.78, 5) is 11.8. The summed E-state index contributed by atoms with van der Waals surface area (Å²) in [6.07, 6.45) is 3.01. The Morgan fingerprint density at radius 3 is 2.82 bits per heavy atom. The second kappa shape index (κ2) is 3.95. The van der Waals surface area contributed by atoms with E-state index in [-0.39, 0.29) is 11.9 Å². The summed E-state index contributed by atoms with van der Waals surface area (Å²) >= 11 is 0. The van der Waals surface area contributed by atoms with Crippen molar-refractivity contribution < 1.29 is 9.53 Å². The zero-order valence-corrected chi connectivity index (χ0v) is 9.82. The molecule has 1 aliphatic heterocycles.